The molecule has 1 atom stereocenters. The Morgan fingerprint density at radius 3 is 2.81 bits per heavy atom. The van der Waals surface area contributed by atoms with Gasteiger partial charge in [-0.25, -0.2) is 0 Å². The maximum absolute atomic E-state index is 8.82. The van der Waals surface area contributed by atoms with Crippen molar-refractivity contribution in [3.8, 4) is 6.07 Å². The summed E-state index contributed by atoms with van der Waals surface area (Å²) in [6.45, 7) is 2.96. The molecule has 0 aromatic heterocycles. The van der Waals surface area contributed by atoms with Gasteiger partial charge in [0.05, 0.1) is 12.1 Å². The quantitative estimate of drug-likeness (QED) is 0.819. The first-order valence-corrected chi connectivity index (χ1v) is 5.52. The molecule has 0 bridgehead atoms. The number of anilines is 1. The van der Waals surface area contributed by atoms with Gasteiger partial charge in [-0.2, -0.15) is 5.26 Å². The minimum Gasteiger partial charge on any atom is -0.374 e. The normalized spacial score (nSPS) is 11.9. The van der Waals surface area contributed by atoms with Crippen LogP contribution in [0.15, 0.2) is 24.3 Å². The van der Waals surface area contributed by atoms with Crippen LogP contribution < -0.4 is 10.2 Å². The second-order valence-corrected chi connectivity index (χ2v) is 4.02. The Balaban J connectivity index is 2.53. The lowest BCUT2D eigenvalue weighted by atomic mass is 10.2. The topological polar surface area (TPSA) is 39.1 Å². The van der Waals surface area contributed by atoms with E-state index < -0.39 is 0 Å². The highest BCUT2D eigenvalue weighted by Gasteiger charge is 2.06. The van der Waals surface area contributed by atoms with Crippen LogP contribution in [0.1, 0.15) is 12.0 Å². The average Bonchev–Trinajstić information content (AvgIpc) is 2.30. The fraction of sp³-hybridized carbons (Fsp3) is 0.462. The molecular weight excluding hydrogens is 198 g/mol. The van der Waals surface area contributed by atoms with E-state index in [1.165, 1.54) is 11.3 Å². The van der Waals surface area contributed by atoms with E-state index in [2.05, 4.69) is 54.5 Å². The Kier molecular flexibility index (Phi) is 4.81. The van der Waals surface area contributed by atoms with Crippen molar-refractivity contribution in [3.05, 3.63) is 29.8 Å². The summed E-state index contributed by atoms with van der Waals surface area (Å²) >= 11 is 0. The molecule has 0 radical (unpaired) electrons. The van der Waals surface area contributed by atoms with Gasteiger partial charge in [-0.15, -0.1) is 0 Å². The summed E-state index contributed by atoms with van der Waals surface area (Å²) in [6, 6.07) is 10.6. The summed E-state index contributed by atoms with van der Waals surface area (Å²) in [5.74, 6) is 0. The van der Waals surface area contributed by atoms with Crippen LogP contribution in [0, 0.1) is 18.3 Å². The molecule has 0 aliphatic heterocycles. The Bertz CT molecular complexity index is 368. The minimum absolute atomic E-state index is 0.0627. The molecule has 0 aliphatic carbocycles. The standard InChI is InChI=1S/C13H19N3/c1-11-5-4-6-13(9-11)16(3)8-7-12(10-14)15-2/h4-6,9,12,15H,7-8H2,1-3H3. The predicted octanol–water partition coefficient (Wildman–Crippen LogP) is 1.93. The molecule has 0 saturated carbocycles. The zero-order valence-corrected chi connectivity index (χ0v) is 10.2. The lowest BCUT2D eigenvalue weighted by Gasteiger charge is -2.20. The van der Waals surface area contributed by atoms with E-state index in [0.29, 0.717) is 0 Å². The molecule has 0 amide bonds. The van der Waals surface area contributed by atoms with Gasteiger partial charge in [0.1, 0.15) is 0 Å². The summed E-state index contributed by atoms with van der Waals surface area (Å²) < 4.78 is 0. The number of hydrogen-bond donors (Lipinski definition) is 1. The van der Waals surface area contributed by atoms with E-state index in [4.69, 9.17) is 5.26 Å². The lowest BCUT2D eigenvalue weighted by molar-refractivity contribution is 0.621. The number of rotatable bonds is 5. The van der Waals surface area contributed by atoms with E-state index >= 15 is 0 Å². The highest BCUT2D eigenvalue weighted by Crippen LogP contribution is 2.14. The Morgan fingerprint density at radius 2 is 2.25 bits per heavy atom. The van der Waals surface area contributed by atoms with Crippen molar-refractivity contribution in [1.82, 2.24) is 5.32 Å². The first kappa shape index (κ1) is 12.5. The molecule has 0 saturated heterocycles. The van der Waals surface area contributed by atoms with Crippen molar-refractivity contribution in [2.75, 3.05) is 25.5 Å². The van der Waals surface area contributed by atoms with Crippen LogP contribution in [0.3, 0.4) is 0 Å². The molecule has 16 heavy (non-hydrogen) atoms. The molecule has 1 aromatic carbocycles. The number of hydrogen-bond acceptors (Lipinski definition) is 3. The summed E-state index contributed by atoms with van der Waals surface area (Å²) in [5, 5.41) is 11.8. The Hall–Kier alpha value is -1.53. The molecule has 86 valence electrons. The number of nitrogens with one attached hydrogen (secondary N) is 1. The van der Waals surface area contributed by atoms with E-state index in [9.17, 15) is 0 Å². The second-order valence-electron chi connectivity index (χ2n) is 4.02. The first-order valence-electron chi connectivity index (χ1n) is 5.52. The molecule has 3 heteroatoms. The summed E-state index contributed by atoms with van der Waals surface area (Å²) in [4.78, 5) is 2.18. The highest BCUT2D eigenvalue weighted by atomic mass is 15.1. The zero-order valence-electron chi connectivity index (χ0n) is 10.2. The van der Waals surface area contributed by atoms with Gasteiger partial charge in [0.2, 0.25) is 0 Å². The van der Waals surface area contributed by atoms with Crippen molar-refractivity contribution < 1.29 is 0 Å². The van der Waals surface area contributed by atoms with Crippen molar-refractivity contribution in [2.45, 2.75) is 19.4 Å². The van der Waals surface area contributed by atoms with Gasteiger partial charge in [-0.05, 0) is 38.1 Å². The van der Waals surface area contributed by atoms with Crippen molar-refractivity contribution in [2.24, 2.45) is 0 Å². The van der Waals surface area contributed by atoms with Gasteiger partial charge in [0.15, 0.2) is 0 Å². The molecule has 0 spiro atoms. The van der Waals surface area contributed by atoms with E-state index in [1.54, 1.807) is 0 Å². The molecule has 1 unspecified atom stereocenters. The third-order valence-electron chi connectivity index (χ3n) is 2.70. The van der Waals surface area contributed by atoms with Crippen LogP contribution in [0.4, 0.5) is 5.69 Å². The molecule has 0 fully saturated rings. The number of aryl methyl sites for hydroxylation is 1. The first-order chi connectivity index (χ1) is 7.67. The smallest absolute Gasteiger partial charge is 0.0967 e. The number of nitriles is 1. The van der Waals surface area contributed by atoms with Gasteiger partial charge in [0, 0.05) is 19.3 Å². The molecular formula is C13H19N3. The number of benzene rings is 1. The zero-order chi connectivity index (χ0) is 12.0. The van der Waals surface area contributed by atoms with Gasteiger partial charge in [0.25, 0.3) is 0 Å². The SMILES string of the molecule is CNC(C#N)CCN(C)c1cccc(C)c1. The van der Waals surface area contributed by atoms with Crippen LogP contribution >= 0.6 is 0 Å². The molecule has 1 N–H and O–H groups in total. The van der Waals surface area contributed by atoms with Crippen LogP contribution in [0.25, 0.3) is 0 Å². The summed E-state index contributed by atoms with van der Waals surface area (Å²) in [5.41, 5.74) is 2.46. The molecule has 0 heterocycles. The highest BCUT2D eigenvalue weighted by molar-refractivity contribution is 5.47. The lowest BCUT2D eigenvalue weighted by Crippen LogP contribution is -2.29. The van der Waals surface area contributed by atoms with Crippen molar-refractivity contribution in [1.29, 1.82) is 5.26 Å². The third kappa shape index (κ3) is 3.56. The van der Waals surface area contributed by atoms with Gasteiger partial charge >= 0.3 is 0 Å². The van der Waals surface area contributed by atoms with E-state index in [1.807, 2.05) is 7.05 Å². The van der Waals surface area contributed by atoms with Crippen molar-refractivity contribution >= 4 is 5.69 Å². The van der Waals surface area contributed by atoms with Crippen LogP contribution in [-0.4, -0.2) is 26.7 Å². The average molecular weight is 217 g/mol. The van der Waals surface area contributed by atoms with E-state index in [0.717, 1.165) is 13.0 Å². The molecule has 1 aromatic rings. The minimum atomic E-state index is -0.0627. The molecule has 0 aliphatic rings. The van der Waals surface area contributed by atoms with Crippen LogP contribution in [-0.2, 0) is 0 Å². The fourth-order valence-corrected chi connectivity index (χ4v) is 1.59. The maximum atomic E-state index is 8.82. The Labute approximate surface area is 97.7 Å². The third-order valence-corrected chi connectivity index (χ3v) is 2.70. The monoisotopic (exact) mass is 217 g/mol. The van der Waals surface area contributed by atoms with Crippen LogP contribution in [0.5, 0.6) is 0 Å². The summed E-state index contributed by atoms with van der Waals surface area (Å²) in [7, 11) is 3.87. The largest absolute Gasteiger partial charge is 0.374 e. The summed E-state index contributed by atoms with van der Waals surface area (Å²) in [6.07, 6.45) is 0.831. The Morgan fingerprint density at radius 1 is 1.50 bits per heavy atom. The second kappa shape index (κ2) is 6.14. The van der Waals surface area contributed by atoms with E-state index in [-0.39, 0.29) is 6.04 Å². The predicted molar refractivity (Wildman–Crippen MR) is 67.5 cm³/mol. The van der Waals surface area contributed by atoms with Gasteiger partial charge in [-0.1, -0.05) is 12.1 Å². The molecule has 3 nitrogen and oxygen atoms in total. The van der Waals surface area contributed by atoms with Gasteiger partial charge in [-0.3, -0.25) is 0 Å². The van der Waals surface area contributed by atoms with Crippen LogP contribution in [0.2, 0.25) is 0 Å². The number of nitrogens with zero attached hydrogens (tertiary/aromatic N) is 2. The fourth-order valence-electron chi connectivity index (χ4n) is 1.59. The molecule has 1 rings (SSSR count). The maximum Gasteiger partial charge on any atom is 0.0967 e. The van der Waals surface area contributed by atoms with Gasteiger partial charge < -0.3 is 10.2 Å². The van der Waals surface area contributed by atoms with Crippen molar-refractivity contribution in [3.63, 3.8) is 0 Å².